The third-order valence-corrected chi connectivity index (χ3v) is 5.55. The Kier molecular flexibility index (Phi) is 6.42. The fourth-order valence-electron chi connectivity index (χ4n) is 3.89. The number of likely N-dealkylation sites (tertiary alicyclic amines) is 1. The van der Waals surface area contributed by atoms with Gasteiger partial charge in [-0.15, -0.1) is 5.10 Å². The molecule has 2 saturated heterocycles. The summed E-state index contributed by atoms with van der Waals surface area (Å²) in [5, 5.41) is 15.0. The molecular formula is C18H32N6O. The molecule has 0 atom stereocenters. The molecule has 7 nitrogen and oxygen atoms in total. The van der Waals surface area contributed by atoms with E-state index >= 15 is 0 Å². The number of nitrogens with one attached hydrogen (secondary N) is 2. The molecule has 1 amide bonds. The van der Waals surface area contributed by atoms with Crippen LogP contribution in [0.3, 0.4) is 0 Å². The zero-order chi connectivity index (χ0) is 17.6. The van der Waals surface area contributed by atoms with Crippen molar-refractivity contribution in [1.29, 1.82) is 0 Å². The van der Waals surface area contributed by atoms with Crippen LogP contribution < -0.4 is 10.6 Å². The summed E-state index contributed by atoms with van der Waals surface area (Å²) in [6, 6.07) is 0.617. The molecule has 2 aliphatic rings. The monoisotopic (exact) mass is 348 g/mol. The Morgan fingerprint density at radius 1 is 1.24 bits per heavy atom. The first-order valence-electron chi connectivity index (χ1n) is 9.84. The molecule has 0 spiro atoms. The standard InChI is InChI=1S/C18H32N6O/c1-3-4-11-23-12-7-15(8-13-23)20-18(25)17-14(2)24(22-21-17)16-5-9-19-10-6-16/h15-16,19H,3-13H2,1-2H3,(H,20,25). The Hall–Kier alpha value is -1.47. The van der Waals surface area contributed by atoms with E-state index in [-0.39, 0.29) is 11.9 Å². The molecular weight excluding hydrogens is 316 g/mol. The van der Waals surface area contributed by atoms with Gasteiger partial charge in [-0.25, -0.2) is 4.68 Å². The van der Waals surface area contributed by atoms with Crippen LogP contribution in [0, 0.1) is 6.92 Å². The number of carbonyl (C=O) groups is 1. The molecule has 0 bridgehead atoms. The average Bonchev–Trinajstić information content (AvgIpc) is 3.03. The maximum Gasteiger partial charge on any atom is 0.273 e. The lowest BCUT2D eigenvalue weighted by Gasteiger charge is -2.32. The molecule has 0 unspecified atom stereocenters. The molecule has 0 aliphatic carbocycles. The van der Waals surface area contributed by atoms with Crippen molar-refractivity contribution in [2.45, 2.75) is 64.5 Å². The topological polar surface area (TPSA) is 75.1 Å². The Morgan fingerprint density at radius 2 is 1.96 bits per heavy atom. The van der Waals surface area contributed by atoms with Crippen molar-refractivity contribution < 1.29 is 4.79 Å². The van der Waals surface area contributed by atoms with Crippen LogP contribution >= 0.6 is 0 Å². The summed E-state index contributed by atoms with van der Waals surface area (Å²) in [5.41, 5.74) is 1.39. The van der Waals surface area contributed by atoms with Gasteiger partial charge in [-0.05, 0) is 58.7 Å². The van der Waals surface area contributed by atoms with Crippen molar-refractivity contribution in [3.05, 3.63) is 11.4 Å². The van der Waals surface area contributed by atoms with E-state index in [1.165, 1.54) is 19.4 Å². The maximum atomic E-state index is 12.6. The molecule has 25 heavy (non-hydrogen) atoms. The highest BCUT2D eigenvalue weighted by atomic mass is 16.2. The molecule has 3 heterocycles. The van der Waals surface area contributed by atoms with Crippen LogP contribution in [0.4, 0.5) is 0 Å². The summed E-state index contributed by atoms with van der Waals surface area (Å²) in [5.74, 6) is -0.0651. The van der Waals surface area contributed by atoms with Crippen molar-refractivity contribution in [2.24, 2.45) is 0 Å². The Balaban J connectivity index is 1.53. The second-order valence-corrected chi connectivity index (χ2v) is 7.39. The summed E-state index contributed by atoms with van der Waals surface area (Å²) in [6.45, 7) is 9.53. The highest BCUT2D eigenvalue weighted by Gasteiger charge is 2.25. The van der Waals surface area contributed by atoms with Crippen molar-refractivity contribution in [3.8, 4) is 0 Å². The third kappa shape index (κ3) is 4.58. The van der Waals surface area contributed by atoms with Crippen LogP contribution in [0.2, 0.25) is 0 Å². The first kappa shape index (κ1) is 18.3. The van der Waals surface area contributed by atoms with Crippen molar-refractivity contribution in [2.75, 3.05) is 32.7 Å². The molecule has 0 radical (unpaired) electrons. The van der Waals surface area contributed by atoms with E-state index in [1.807, 2.05) is 11.6 Å². The van der Waals surface area contributed by atoms with Gasteiger partial charge in [0.2, 0.25) is 0 Å². The summed E-state index contributed by atoms with van der Waals surface area (Å²) in [4.78, 5) is 15.1. The number of unbranched alkanes of at least 4 members (excludes halogenated alkanes) is 1. The summed E-state index contributed by atoms with van der Waals surface area (Å²) < 4.78 is 1.95. The number of amides is 1. The van der Waals surface area contributed by atoms with Gasteiger partial charge in [-0.2, -0.15) is 0 Å². The van der Waals surface area contributed by atoms with Crippen molar-refractivity contribution >= 4 is 5.91 Å². The second kappa shape index (κ2) is 8.76. The molecule has 2 N–H and O–H groups in total. The van der Waals surface area contributed by atoms with Gasteiger partial charge in [0.05, 0.1) is 11.7 Å². The normalized spacial score (nSPS) is 20.7. The number of hydrogen-bond acceptors (Lipinski definition) is 5. The van der Waals surface area contributed by atoms with Crippen LogP contribution in [0.15, 0.2) is 0 Å². The van der Waals surface area contributed by atoms with E-state index in [2.05, 4.69) is 32.8 Å². The van der Waals surface area contributed by atoms with Gasteiger partial charge in [-0.1, -0.05) is 18.6 Å². The van der Waals surface area contributed by atoms with Gasteiger partial charge in [-0.3, -0.25) is 4.79 Å². The molecule has 2 aliphatic heterocycles. The van der Waals surface area contributed by atoms with Crippen LogP contribution in [0.5, 0.6) is 0 Å². The van der Waals surface area contributed by atoms with Gasteiger partial charge in [0.25, 0.3) is 5.91 Å². The lowest BCUT2D eigenvalue weighted by atomic mass is 10.0. The number of piperidine rings is 2. The maximum absolute atomic E-state index is 12.6. The predicted molar refractivity (Wildman–Crippen MR) is 97.7 cm³/mol. The molecule has 2 fully saturated rings. The van der Waals surface area contributed by atoms with E-state index in [1.54, 1.807) is 0 Å². The van der Waals surface area contributed by atoms with E-state index in [0.717, 1.165) is 57.6 Å². The molecule has 3 rings (SSSR count). The molecule has 7 heteroatoms. The minimum atomic E-state index is -0.0651. The summed E-state index contributed by atoms with van der Waals surface area (Å²) in [6.07, 6.45) is 6.63. The van der Waals surface area contributed by atoms with E-state index in [4.69, 9.17) is 0 Å². The molecule has 0 saturated carbocycles. The lowest BCUT2D eigenvalue weighted by Crippen LogP contribution is -2.45. The predicted octanol–water partition coefficient (Wildman–Crippen LogP) is 1.51. The fourth-order valence-corrected chi connectivity index (χ4v) is 3.89. The van der Waals surface area contributed by atoms with E-state index in [0.29, 0.717) is 11.7 Å². The van der Waals surface area contributed by atoms with Gasteiger partial charge in [0.1, 0.15) is 0 Å². The highest BCUT2D eigenvalue weighted by Crippen LogP contribution is 2.20. The van der Waals surface area contributed by atoms with Gasteiger partial charge >= 0.3 is 0 Å². The summed E-state index contributed by atoms with van der Waals surface area (Å²) in [7, 11) is 0. The van der Waals surface area contributed by atoms with Gasteiger partial charge in [0.15, 0.2) is 5.69 Å². The fraction of sp³-hybridized carbons (Fsp3) is 0.833. The highest BCUT2D eigenvalue weighted by molar-refractivity contribution is 5.93. The first-order valence-corrected chi connectivity index (χ1v) is 9.84. The van der Waals surface area contributed by atoms with Gasteiger partial charge in [0, 0.05) is 19.1 Å². The van der Waals surface area contributed by atoms with Crippen LogP contribution in [-0.2, 0) is 0 Å². The number of rotatable bonds is 6. The van der Waals surface area contributed by atoms with E-state index in [9.17, 15) is 4.79 Å². The Morgan fingerprint density at radius 3 is 2.64 bits per heavy atom. The average molecular weight is 348 g/mol. The summed E-state index contributed by atoms with van der Waals surface area (Å²) >= 11 is 0. The third-order valence-electron chi connectivity index (χ3n) is 5.55. The van der Waals surface area contributed by atoms with E-state index < -0.39 is 0 Å². The minimum Gasteiger partial charge on any atom is -0.348 e. The quantitative estimate of drug-likeness (QED) is 0.815. The van der Waals surface area contributed by atoms with Crippen molar-refractivity contribution in [3.63, 3.8) is 0 Å². The Bertz CT molecular complexity index is 558. The molecule has 1 aromatic heterocycles. The molecule has 1 aromatic rings. The number of aromatic nitrogens is 3. The second-order valence-electron chi connectivity index (χ2n) is 7.39. The Labute approximate surface area is 150 Å². The van der Waals surface area contributed by atoms with Crippen LogP contribution in [0.25, 0.3) is 0 Å². The number of nitrogens with zero attached hydrogens (tertiary/aromatic N) is 4. The lowest BCUT2D eigenvalue weighted by molar-refractivity contribution is 0.0905. The number of carbonyl (C=O) groups excluding carboxylic acids is 1. The first-order chi connectivity index (χ1) is 12.2. The minimum absolute atomic E-state index is 0.0651. The zero-order valence-corrected chi connectivity index (χ0v) is 15.6. The number of hydrogen-bond donors (Lipinski definition) is 2. The molecule has 0 aromatic carbocycles. The SMILES string of the molecule is CCCCN1CCC(NC(=O)c2nnn(C3CCNCC3)c2C)CC1. The molecule has 140 valence electrons. The zero-order valence-electron chi connectivity index (χ0n) is 15.6. The smallest absolute Gasteiger partial charge is 0.273 e. The largest absolute Gasteiger partial charge is 0.348 e. The van der Waals surface area contributed by atoms with Crippen LogP contribution in [-0.4, -0.2) is 64.6 Å². The van der Waals surface area contributed by atoms with Crippen LogP contribution in [0.1, 0.15) is 67.7 Å². The van der Waals surface area contributed by atoms with Crippen molar-refractivity contribution in [1.82, 2.24) is 30.5 Å². The van der Waals surface area contributed by atoms with Gasteiger partial charge < -0.3 is 15.5 Å².